The van der Waals surface area contributed by atoms with E-state index >= 15 is 0 Å². The van der Waals surface area contributed by atoms with Gasteiger partial charge in [-0.05, 0) is 18.9 Å². The summed E-state index contributed by atoms with van der Waals surface area (Å²) in [4.78, 5) is 14.8. The van der Waals surface area contributed by atoms with Gasteiger partial charge in [-0.2, -0.15) is 0 Å². The Balaban J connectivity index is 2.54. The lowest BCUT2D eigenvalue weighted by molar-refractivity contribution is -0.383. The number of nitro benzene ring substituents is 1. The number of nitro groups is 1. The van der Waals surface area contributed by atoms with Crippen molar-refractivity contribution in [2.45, 2.75) is 25.8 Å². The second-order valence-electron chi connectivity index (χ2n) is 3.90. The van der Waals surface area contributed by atoms with Crippen LogP contribution in [0.1, 0.15) is 18.9 Å². The van der Waals surface area contributed by atoms with Crippen molar-refractivity contribution in [2.24, 2.45) is 5.73 Å². The van der Waals surface area contributed by atoms with E-state index in [2.05, 4.69) is 4.98 Å². The molecule has 0 aliphatic carbocycles. The Labute approximate surface area is 102 Å². The molecular weight excluding hydrogens is 238 g/mol. The minimum absolute atomic E-state index is 0.0511. The fraction of sp³-hybridized carbons (Fsp3) is 0.364. The van der Waals surface area contributed by atoms with E-state index in [0.717, 1.165) is 11.1 Å². The maximum Gasteiger partial charge on any atom is 0.299 e. The number of fused-ring (bicyclic) bond motifs is 1. The van der Waals surface area contributed by atoms with Gasteiger partial charge in [-0.25, -0.2) is 4.98 Å². The Morgan fingerprint density at radius 1 is 1.59 bits per heavy atom. The molecule has 1 unspecified atom stereocenters. The fourth-order valence-electron chi connectivity index (χ4n) is 1.75. The molecule has 0 amide bonds. The Morgan fingerprint density at radius 2 is 2.35 bits per heavy atom. The number of hydrogen-bond donors (Lipinski definition) is 1. The molecule has 1 aromatic heterocycles. The van der Waals surface area contributed by atoms with Gasteiger partial charge in [0.25, 0.3) is 5.69 Å². The first kappa shape index (κ1) is 11.9. The van der Waals surface area contributed by atoms with Crippen molar-refractivity contribution in [1.82, 2.24) is 4.98 Å². The smallest absolute Gasteiger partial charge is 0.299 e. The van der Waals surface area contributed by atoms with E-state index in [9.17, 15) is 10.1 Å². The first-order valence-corrected chi connectivity index (χ1v) is 6.26. The van der Waals surface area contributed by atoms with Crippen molar-refractivity contribution in [3.05, 3.63) is 33.3 Å². The molecule has 0 aliphatic rings. The SMILES string of the molecule is CCC(N)Cc1ccc2scnc2c1[N+](=O)[O-]. The topological polar surface area (TPSA) is 82.0 Å². The third-order valence-corrected chi connectivity index (χ3v) is 3.54. The number of hydrogen-bond acceptors (Lipinski definition) is 5. The van der Waals surface area contributed by atoms with Crippen LogP contribution in [-0.2, 0) is 6.42 Å². The molecule has 0 bridgehead atoms. The molecule has 0 saturated carbocycles. The van der Waals surface area contributed by atoms with Gasteiger partial charge in [0, 0.05) is 11.6 Å². The molecule has 90 valence electrons. The maximum absolute atomic E-state index is 11.1. The van der Waals surface area contributed by atoms with E-state index in [0.29, 0.717) is 17.5 Å². The lowest BCUT2D eigenvalue weighted by Gasteiger charge is -2.08. The number of nitrogens with two attached hydrogens (primary N) is 1. The van der Waals surface area contributed by atoms with E-state index in [1.54, 1.807) is 11.6 Å². The first-order valence-electron chi connectivity index (χ1n) is 5.38. The van der Waals surface area contributed by atoms with Gasteiger partial charge in [0.2, 0.25) is 0 Å². The summed E-state index contributed by atoms with van der Waals surface area (Å²) < 4.78 is 0.838. The highest BCUT2D eigenvalue weighted by atomic mass is 32.1. The third kappa shape index (κ3) is 2.27. The van der Waals surface area contributed by atoms with Crippen molar-refractivity contribution in [3.8, 4) is 0 Å². The van der Waals surface area contributed by atoms with Crippen LogP contribution in [0.3, 0.4) is 0 Å². The van der Waals surface area contributed by atoms with Crippen molar-refractivity contribution in [1.29, 1.82) is 0 Å². The molecule has 0 radical (unpaired) electrons. The summed E-state index contributed by atoms with van der Waals surface area (Å²) in [5, 5.41) is 11.1. The molecular formula is C11H13N3O2S. The Kier molecular flexibility index (Phi) is 3.35. The fourth-order valence-corrected chi connectivity index (χ4v) is 2.43. The van der Waals surface area contributed by atoms with Crippen LogP contribution in [-0.4, -0.2) is 15.9 Å². The first-order chi connectivity index (χ1) is 8.13. The van der Waals surface area contributed by atoms with E-state index in [4.69, 9.17) is 5.73 Å². The van der Waals surface area contributed by atoms with Gasteiger partial charge in [-0.1, -0.05) is 13.0 Å². The highest BCUT2D eigenvalue weighted by Gasteiger charge is 2.21. The average molecular weight is 251 g/mol. The van der Waals surface area contributed by atoms with Gasteiger partial charge in [-0.15, -0.1) is 11.3 Å². The van der Waals surface area contributed by atoms with Gasteiger partial charge in [0.15, 0.2) is 5.52 Å². The van der Waals surface area contributed by atoms with Gasteiger partial charge in [0.1, 0.15) is 0 Å². The maximum atomic E-state index is 11.1. The molecule has 0 fully saturated rings. The molecule has 0 aliphatic heterocycles. The number of thiazole rings is 1. The van der Waals surface area contributed by atoms with Gasteiger partial charge < -0.3 is 5.73 Å². The molecule has 2 rings (SSSR count). The lowest BCUT2D eigenvalue weighted by Crippen LogP contribution is -2.21. The van der Waals surface area contributed by atoms with Crippen molar-refractivity contribution >= 4 is 27.2 Å². The molecule has 1 aromatic carbocycles. The van der Waals surface area contributed by atoms with Crippen LogP contribution >= 0.6 is 11.3 Å². The van der Waals surface area contributed by atoms with Crippen LogP contribution in [0.4, 0.5) is 5.69 Å². The van der Waals surface area contributed by atoms with Gasteiger partial charge >= 0.3 is 0 Å². The van der Waals surface area contributed by atoms with E-state index in [1.807, 2.05) is 13.0 Å². The highest BCUT2D eigenvalue weighted by molar-refractivity contribution is 7.16. The Morgan fingerprint density at radius 3 is 3.00 bits per heavy atom. The second kappa shape index (κ2) is 4.77. The molecule has 6 heteroatoms. The summed E-state index contributed by atoms with van der Waals surface area (Å²) in [7, 11) is 0. The standard InChI is InChI=1S/C11H13N3O2S/c1-2-8(12)5-7-3-4-9-10(13-6-17-9)11(7)14(15)16/h3-4,6,8H,2,5,12H2,1H3. The normalized spacial score (nSPS) is 12.8. The van der Waals surface area contributed by atoms with Crippen LogP contribution in [0.5, 0.6) is 0 Å². The summed E-state index contributed by atoms with van der Waals surface area (Å²) in [6, 6.07) is 3.61. The second-order valence-corrected chi connectivity index (χ2v) is 4.79. The zero-order valence-electron chi connectivity index (χ0n) is 9.42. The number of nitrogens with zero attached hydrogens (tertiary/aromatic N) is 2. The minimum atomic E-state index is -0.361. The van der Waals surface area contributed by atoms with Crippen LogP contribution in [0, 0.1) is 10.1 Å². The molecule has 0 spiro atoms. The monoisotopic (exact) mass is 251 g/mol. The Hall–Kier alpha value is -1.53. The number of benzene rings is 1. The zero-order valence-corrected chi connectivity index (χ0v) is 10.2. The summed E-state index contributed by atoms with van der Waals surface area (Å²) in [6.07, 6.45) is 1.31. The summed E-state index contributed by atoms with van der Waals surface area (Å²) in [6.45, 7) is 1.97. The van der Waals surface area contributed by atoms with Crippen LogP contribution < -0.4 is 5.73 Å². The summed E-state index contributed by atoms with van der Waals surface area (Å²) in [5.41, 5.74) is 8.73. The van der Waals surface area contributed by atoms with Gasteiger partial charge in [0.05, 0.1) is 15.1 Å². The predicted molar refractivity (Wildman–Crippen MR) is 68.2 cm³/mol. The Bertz CT molecular complexity index is 553. The van der Waals surface area contributed by atoms with Gasteiger partial charge in [-0.3, -0.25) is 10.1 Å². The van der Waals surface area contributed by atoms with E-state index < -0.39 is 0 Å². The molecule has 2 N–H and O–H groups in total. The molecule has 2 aromatic rings. The number of rotatable bonds is 4. The van der Waals surface area contributed by atoms with Crippen LogP contribution in [0.15, 0.2) is 17.6 Å². The quantitative estimate of drug-likeness (QED) is 0.668. The molecule has 0 saturated heterocycles. The summed E-state index contributed by atoms with van der Waals surface area (Å²) >= 11 is 1.41. The largest absolute Gasteiger partial charge is 0.327 e. The van der Waals surface area contributed by atoms with E-state index in [1.165, 1.54) is 11.3 Å². The zero-order chi connectivity index (χ0) is 12.4. The van der Waals surface area contributed by atoms with Crippen molar-refractivity contribution in [2.75, 3.05) is 0 Å². The molecule has 1 heterocycles. The molecule has 17 heavy (non-hydrogen) atoms. The number of aromatic nitrogens is 1. The van der Waals surface area contributed by atoms with Crippen LogP contribution in [0.25, 0.3) is 10.2 Å². The summed E-state index contributed by atoms with van der Waals surface area (Å²) in [5.74, 6) is 0. The lowest BCUT2D eigenvalue weighted by atomic mass is 10.0. The molecule has 1 atom stereocenters. The van der Waals surface area contributed by atoms with Crippen molar-refractivity contribution < 1.29 is 4.92 Å². The predicted octanol–water partition coefficient (Wildman–Crippen LogP) is 2.48. The van der Waals surface area contributed by atoms with Crippen LogP contribution in [0.2, 0.25) is 0 Å². The van der Waals surface area contributed by atoms with E-state index in [-0.39, 0.29) is 16.7 Å². The van der Waals surface area contributed by atoms with Crippen molar-refractivity contribution in [3.63, 3.8) is 0 Å². The average Bonchev–Trinajstić information content (AvgIpc) is 2.75. The molecule has 5 nitrogen and oxygen atoms in total. The minimum Gasteiger partial charge on any atom is -0.327 e. The highest BCUT2D eigenvalue weighted by Crippen LogP contribution is 2.31. The third-order valence-electron chi connectivity index (χ3n) is 2.75.